The molecule has 6 nitrogen and oxygen atoms in total. The highest BCUT2D eigenvalue weighted by Crippen LogP contribution is 2.15. The number of hydrogen-bond donors (Lipinski definition) is 2. The van der Waals surface area contributed by atoms with Crippen LogP contribution in [-0.2, 0) is 12.2 Å². The lowest BCUT2D eigenvalue weighted by Crippen LogP contribution is -2.14. The molecule has 0 amide bonds. The fraction of sp³-hybridized carbons (Fsp3) is 0.500. The van der Waals surface area contributed by atoms with Crippen LogP contribution in [0.4, 0.5) is 0 Å². The first-order valence-corrected chi connectivity index (χ1v) is 6.58. The molecule has 0 aliphatic heterocycles. The van der Waals surface area contributed by atoms with Gasteiger partial charge in [-0.2, -0.15) is 16.7 Å². The average Bonchev–Trinajstić information content (AvgIpc) is 2.96. The molecule has 2 aromatic heterocycles. The van der Waals surface area contributed by atoms with E-state index in [0.717, 1.165) is 17.2 Å². The predicted molar refractivity (Wildman–Crippen MR) is 65.4 cm³/mol. The van der Waals surface area contributed by atoms with E-state index < -0.39 is 0 Å². The standard InChI is InChI=1S/C10H15N5OS/c1-2-17-5-9-14-10(16-15-9)8(11)3-7-4-12-6-13-7/h4,6,8H,2-3,5,11H2,1H3,(H,12,13)/t8-/m1/s1. The van der Waals surface area contributed by atoms with E-state index in [0.29, 0.717) is 18.1 Å². The molecule has 17 heavy (non-hydrogen) atoms. The Hall–Kier alpha value is -1.34. The third kappa shape index (κ3) is 3.31. The first-order chi connectivity index (χ1) is 8.29. The minimum Gasteiger partial charge on any atom is -0.348 e. The largest absolute Gasteiger partial charge is 0.348 e. The van der Waals surface area contributed by atoms with Gasteiger partial charge in [0.2, 0.25) is 5.89 Å². The SMILES string of the molecule is CCSCc1noc([C@H](N)Cc2cnc[nH]2)n1. The normalized spacial score (nSPS) is 12.8. The molecule has 0 aliphatic carbocycles. The van der Waals surface area contributed by atoms with Crippen molar-refractivity contribution in [2.45, 2.75) is 25.1 Å². The summed E-state index contributed by atoms with van der Waals surface area (Å²) < 4.78 is 5.14. The van der Waals surface area contributed by atoms with Crippen LogP contribution in [-0.4, -0.2) is 25.9 Å². The summed E-state index contributed by atoms with van der Waals surface area (Å²) in [4.78, 5) is 11.2. The van der Waals surface area contributed by atoms with Gasteiger partial charge in [0.15, 0.2) is 5.82 Å². The number of aromatic nitrogens is 4. The molecule has 2 rings (SSSR count). The minimum atomic E-state index is -0.289. The van der Waals surface area contributed by atoms with Gasteiger partial charge in [-0.3, -0.25) is 0 Å². The van der Waals surface area contributed by atoms with Gasteiger partial charge >= 0.3 is 0 Å². The van der Waals surface area contributed by atoms with Gasteiger partial charge in [-0.15, -0.1) is 0 Å². The predicted octanol–water partition coefficient (Wildman–Crippen LogP) is 1.29. The second kappa shape index (κ2) is 5.83. The molecule has 7 heteroatoms. The molecule has 0 bridgehead atoms. The van der Waals surface area contributed by atoms with Crippen LogP contribution in [0.2, 0.25) is 0 Å². The van der Waals surface area contributed by atoms with Crippen molar-refractivity contribution in [2.75, 3.05) is 5.75 Å². The number of imidazole rings is 1. The Balaban J connectivity index is 1.94. The lowest BCUT2D eigenvalue weighted by Gasteiger charge is -2.03. The third-order valence-corrected chi connectivity index (χ3v) is 3.10. The lowest BCUT2D eigenvalue weighted by molar-refractivity contribution is 0.350. The fourth-order valence-electron chi connectivity index (χ4n) is 1.39. The van der Waals surface area contributed by atoms with Crippen LogP contribution in [0.5, 0.6) is 0 Å². The Kier molecular flexibility index (Phi) is 4.16. The van der Waals surface area contributed by atoms with Gasteiger partial charge in [0.25, 0.3) is 0 Å². The Morgan fingerprint density at radius 1 is 1.59 bits per heavy atom. The maximum absolute atomic E-state index is 5.98. The fourth-order valence-corrected chi connectivity index (χ4v) is 1.89. The summed E-state index contributed by atoms with van der Waals surface area (Å²) in [5.74, 6) is 2.97. The van der Waals surface area contributed by atoms with E-state index in [1.165, 1.54) is 0 Å². The molecular formula is C10H15N5OS. The zero-order chi connectivity index (χ0) is 12.1. The van der Waals surface area contributed by atoms with E-state index in [1.54, 1.807) is 24.3 Å². The van der Waals surface area contributed by atoms with Crippen LogP contribution in [0, 0.1) is 0 Å². The number of nitrogens with one attached hydrogen (secondary N) is 1. The molecule has 2 aromatic rings. The maximum atomic E-state index is 5.98. The van der Waals surface area contributed by atoms with Crippen LogP contribution >= 0.6 is 11.8 Å². The monoisotopic (exact) mass is 253 g/mol. The van der Waals surface area contributed by atoms with E-state index in [2.05, 4.69) is 27.0 Å². The number of rotatable bonds is 6. The molecule has 0 fully saturated rings. The number of hydrogen-bond acceptors (Lipinski definition) is 6. The van der Waals surface area contributed by atoms with Crippen molar-refractivity contribution in [2.24, 2.45) is 5.73 Å². The van der Waals surface area contributed by atoms with Gasteiger partial charge in [0, 0.05) is 18.3 Å². The van der Waals surface area contributed by atoms with Crippen molar-refractivity contribution in [3.63, 3.8) is 0 Å². The van der Waals surface area contributed by atoms with Crippen LogP contribution in [0.1, 0.15) is 30.4 Å². The van der Waals surface area contributed by atoms with Gasteiger partial charge in [-0.05, 0) is 5.75 Å². The van der Waals surface area contributed by atoms with Crippen molar-refractivity contribution in [3.8, 4) is 0 Å². The molecule has 0 saturated heterocycles. The van der Waals surface area contributed by atoms with Crippen molar-refractivity contribution < 1.29 is 4.52 Å². The lowest BCUT2D eigenvalue weighted by atomic mass is 10.2. The third-order valence-electron chi connectivity index (χ3n) is 2.23. The molecule has 0 aliphatic rings. The highest BCUT2D eigenvalue weighted by molar-refractivity contribution is 7.98. The quantitative estimate of drug-likeness (QED) is 0.805. The van der Waals surface area contributed by atoms with Crippen LogP contribution < -0.4 is 5.73 Å². The Morgan fingerprint density at radius 3 is 3.18 bits per heavy atom. The smallest absolute Gasteiger partial charge is 0.243 e. The van der Waals surface area contributed by atoms with Gasteiger partial charge in [-0.25, -0.2) is 4.98 Å². The summed E-state index contributed by atoms with van der Waals surface area (Å²) in [5.41, 5.74) is 6.94. The summed E-state index contributed by atoms with van der Waals surface area (Å²) >= 11 is 1.75. The van der Waals surface area contributed by atoms with Gasteiger partial charge in [-0.1, -0.05) is 12.1 Å². The topological polar surface area (TPSA) is 93.6 Å². The number of aromatic amines is 1. The van der Waals surface area contributed by atoms with Crippen molar-refractivity contribution in [3.05, 3.63) is 29.9 Å². The number of thioether (sulfide) groups is 1. The summed E-state index contributed by atoms with van der Waals surface area (Å²) in [6.07, 6.45) is 3.98. The molecule has 2 heterocycles. The molecule has 0 spiro atoms. The summed E-state index contributed by atoms with van der Waals surface area (Å²) in [5, 5.41) is 3.89. The minimum absolute atomic E-state index is 0.289. The number of H-pyrrole nitrogens is 1. The van der Waals surface area contributed by atoms with Gasteiger partial charge in [0.05, 0.1) is 18.1 Å². The summed E-state index contributed by atoms with van der Waals surface area (Å²) in [7, 11) is 0. The van der Waals surface area contributed by atoms with Crippen LogP contribution in [0.25, 0.3) is 0 Å². The van der Waals surface area contributed by atoms with E-state index in [9.17, 15) is 0 Å². The zero-order valence-corrected chi connectivity index (χ0v) is 10.4. The van der Waals surface area contributed by atoms with Crippen molar-refractivity contribution in [1.82, 2.24) is 20.1 Å². The molecule has 0 radical (unpaired) electrons. The molecular weight excluding hydrogens is 238 g/mol. The van der Waals surface area contributed by atoms with Crippen LogP contribution in [0.3, 0.4) is 0 Å². The highest BCUT2D eigenvalue weighted by Gasteiger charge is 2.15. The summed E-state index contributed by atoms with van der Waals surface area (Å²) in [6, 6.07) is -0.289. The molecule has 0 saturated carbocycles. The van der Waals surface area contributed by atoms with Crippen molar-refractivity contribution >= 4 is 11.8 Å². The highest BCUT2D eigenvalue weighted by atomic mass is 32.2. The van der Waals surface area contributed by atoms with Crippen molar-refractivity contribution in [1.29, 1.82) is 0 Å². The van der Waals surface area contributed by atoms with Crippen LogP contribution in [0.15, 0.2) is 17.0 Å². The number of nitrogens with two attached hydrogens (primary N) is 1. The summed E-state index contributed by atoms with van der Waals surface area (Å²) in [6.45, 7) is 2.09. The van der Waals surface area contributed by atoms with E-state index in [4.69, 9.17) is 10.3 Å². The Bertz CT molecular complexity index is 441. The van der Waals surface area contributed by atoms with E-state index in [1.807, 2.05) is 0 Å². The molecule has 0 unspecified atom stereocenters. The van der Waals surface area contributed by atoms with E-state index in [-0.39, 0.29) is 6.04 Å². The first-order valence-electron chi connectivity index (χ1n) is 5.42. The number of nitrogens with zero attached hydrogens (tertiary/aromatic N) is 3. The van der Waals surface area contributed by atoms with Gasteiger partial charge in [0.1, 0.15) is 0 Å². The maximum Gasteiger partial charge on any atom is 0.243 e. The second-order valence-electron chi connectivity index (χ2n) is 3.57. The molecule has 3 N–H and O–H groups in total. The molecule has 0 aromatic carbocycles. The zero-order valence-electron chi connectivity index (χ0n) is 9.59. The molecule has 1 atom stereocenters. The average molecular weight is 253 g/mol. The second-order valence-corrected chi connectivity index (χ2v) is 4.85. The Labute approximate surface area is 103 Å². The molecule has 92 valence electrons. The van der Waals surface area contributed by atoms with Gasteiger partial charge < -0.3 is 15.2 Å². The Morgan fingerprint density at radius 2 is 2.47 bits per heavy atom. The first kappa shape index (κ1) is 12.1. The van der Waals surface area contributed by atoms with E-state index >= 15 is 0 Å².